The van der Waals surface area contributed by atoms with Crippen LogP contribution in [-0.2, 0) is 6.54 Å². The first-order valence-corrected chi connectivity index (χ1v) is 2.82. The van der Waals surface area contributed by atoms with Crippen molar-refractivity contribution < 1.29 is 8.78 Å². The predicted molar refractivity (Wildman–Crippen MR) is 30.8 cm³/mol. The van der Waals surface area contributed by atoms with Crippen molar-refractivity contribution >= 4 is 0 Å². The van der Waals surface area contributed by atoms with Crippen molar-refractivity contribution in [3.05, 3.63) is 12.2 Å². The normalized spacial score (nSPS) is 10.8. The molecule has 5 heteroatoms. The van der Waals surface area contributed by atoms with Gasteiger partial charge in [-0.1, -0.05) is 0 Å². The fourth-order valence-corrected chi connectivity index (χ4v) is 0.632. The second-order valence-corrected chi connectivity index (χ2v) is 1.88. The molecule has 1 aromatic heterocycles. The van der Waals surface area contributed by atoms with Crippen LogP contribution in [-0.4, -0.2) is 21.2 Å². The zero-order chi connectivity index (χ0) is 7.56. The summed E-state index contributed by atoms with van der Waals surface area (Å²) in [5.74, 6) is 0.514. The fourth-order valence-electron chi connectivity index (χ4n) is 0.632. The van der Waals surface area contributed by atoms with E-state index >= 15 is 0 Å². The lowest BCUT2D eigenvalue weighted by Crippen LogP contribution is -2.09. The van der Waals surface area contributed by atoms with Crippen molar-refractivity contribution in [1.82, 2.24) is 14.8 Å². The molecule has 0 aliphatic rings. The van der Waals surface area contributed by atoms with E-state index in [2.05, 4.69) is 10.1 Å². The minimum absolute atomic E-state index is 0.369. The molecular formula is C5H7F2N3. The summed E-state index contributed by atoms with van der Waals surface area (Å²) in [5, 5.41) is 3.58. The first-order chi connectivity index (χ1) is 4.70. The highest BCUT2D eigenvalue weighted by molar-refractivity contribution is 4.77. The van der Waals surface area contributed by atoms with Gasteiger partial charge in [0, 0.05) is 0 Å². The van der Waals surface area contributed by atoms with Crippen LogP contribution >= 0.6 is 0 Å². The minimum atomic E-state index is -2.36. The van der Waals surface area contributed by atoms with E-state index in [0.717, 1.165) is 0 Å². The van der Waals surface area contributed by atoms with E-state index in [9.17, 15) is 8.78 Å². The Hall–Kier alpha value is -1.00. The van der Waals surface area contributed by atoms with Gasteiger partial charge >= 0.3 is 0 Å². The van der Waals surface area contributed by atoms with Crippen LogP contribution in [0.2, 0.25) is 0 Å². The van der Waals surface area contributed by atoms with Crippen LogP contribution < -0.4 is 0 Å². The molecule has 1 rings (SSSR count). The molecule has 1 heterocycles. The van der Waals surface area contributed by atoms with E-state index in [1.807, 2.05) is 0 Å². The summed E-state index contributed by atoms with van der Waals surface area (Å²) < 4.78 is 24.6. The van der Waals surface area contributed by atoms with Gasteiger partial charge in [0.15, 0.2) is 0 Å². The number of nitrogens with zero attached hydrogens (tertiary/aromatic N) is 3. The van der Waals surface area contributed by atoms with Crippen molar-refractivity contribution in [3.63, 3.8) is 0 Å². The molecule has 0 atom stereocenters. The van der Waals surface area contributed by atoms with Gasteiger partial charge in [-0.15, -0.1) is 0 Å². The number of aryl methyl sites for hydroxylation is 1. The zero-order valence-electron chi connectivity index (χ0n) is 5.46. The summed E-state index contributed by atoms with van der Waals surface area (Å²) in [6, 6.07) is 0. The Morgan fingerprint density at radius 3 is 2.80 bits per heavy atom. The van der Waals surface area contributed by atoms with E-state index < -0.39 is 6.43 Å². The predicted octanol–water partition coefficient (Wildman–Crippen LogP) is 0.852. The van der Waals surface area contributed by atoms with E-state index in [1.54, 1.807) is 6.92 Å². The molecule has 0 bridgehead atoms. The topological polar surface area (TPSA) is 30.7 Å². The number of hydrogen-bond acceptors (Lipinski definition) is 2. The molecule has 10 heavy (non-hydrogen) atoms. The number of alkyl halides is 2. The first kappa shape index (κ1) is 7.11. The molecule has 0 saturated heterocycles. The zero-order valence-corrected chi connectivity index (χ0v) is 5.46. The Bertz CT molecular complexity index is 208. The number of aromatic nitrogens is 3. The van der Waals surface area contributed by atoms with Crippen LogP contribution in [0.15, 0.2) is 6.33 Å². The van der Waals surface area contributed by atoms with Crippen LogP contribution in [0.5, 0.6) is 0 Å². The third-order valence-corrected chi connectivity index (χ3v) is 1.12. The molecular weight excluding hydrogens is 140 g/mol. The van der Waals surface area contributed by atoms with Gasteiger partial charge in [-0.2, -0.15) is 5.10 Å². The van der Waals surface area contributed by atoms with E-state index in [4.69, 9.17) is 0 Å². The van der Waals surface area contributed by atoms with Crippen molar-refractivity contribution in [1.29, 1.82) is 0 Å². The van der Waals surface area contributed by atoms with Gasteiger partial charge in [-0.05, 0) is 6.92 Å². The third-order valence-electron chi connectivity index (χ3n) is 1.12. The lowest BCUT2D eigenvalue weighted by molar-refractivity contribution is 0.120. The number of rotatable bonds is 2. The maximum absolute atomic E-state index is 11.7. The second kappa shape index (κ2) is 2.72. The summed E-state index contributed by atoms with van der Waals surface area (Å²) in [6.45, 7) is 1.27. The number of hydrogen-bond donors (Lipinski definition) is 0. The average Bonchev–Trinajstić information content (AvgIpc) is 2.15. The molecule has 56 valence electrons. The summed E-state index contributed by atoms with van der Waals surface area (Å²) >= 11 is 0. The van der Waals surface area contributed by atoms with Crippen molar-refractivity contribution in [2.24, 2.45) is 0 Å². The van der Waals surface area contributed by atoms with Gasteiger partial charge in [-0.25, -0.2) is 18.4 Å². The molecule has 0 saturated carbocycles. The van der Waals surface area contributed by atoms with E-state index in [-0.39, 0.29) is 6.54 Å². The molecule has 3 nitrogen and oxygen atoms in total. The quantitative estimate of drug-likeness (QED) is 0.620. The molecule has 0 fully saturated rings. The maximum Gasteiger partial charge on any atom is 0.257 e. The fraction of sp³-hybridized carbons (Fsp3) is 0.600. The van der Waals surface area contributed by atoms with Crippen LogP contribution in [0.4, 0.5) is 8.78 Å². The van der Waals surface area contributed by atoms with Crippen LogP contribution in [0.3, 0.4) is 0 Å². The molecule has 0 aromatic carbocycles. The van der Waals surface area contributed by atoms with Gasteiger partial charge < -0.3 is 0 Å². The highest BCUT2D eigenvalue weighted by atomic mass is 19.3. The van der Waals surface area contributed by atoms with Gasteiger partial charge in [0.25, 0.3) is 6.43 Å². The van der Waals surface area contributed by atoms with Gasteiger partial charge in [0.05, 0.1) is 0 Å². The van der Waals surface area contributed by atoms with E-state index in [1.165, 1.54) is 11.0 Å². The molecule has 0 aliphatic carbocycles. The molecule has 0 unspecified atom stereocenters. The molecule has 1 aromatic rings. The molecule has 0 aliphatic heterocycles. The van der Waals surface area contributed by atoms with Crippen LogP contribution in [0.25, 0.3) is 0 Å². The standard InChI is InChI=1S/C5H7F2N3/c1-4-8-3-9-10(4)2-5(6)7/h3,5H,2H2,1H3. The summed E-state index contributed by atoms with van der Waals surface area (Å²) in [6.07, 6.45) is -1.10. The van der Waals surface area contributed by atoms with Crippen molar-refractivity contribution in [2.75, 3.05) is 0 Å². The van der Waals surface area contributed by atoms with Gasteiger partial charge in [0.2, 0.25) is 0 Å². The largest absolute Gasteiger partial charge is 0.257 e. The highest BCUT2D eigenvalue weighted by Gasteiger charge is 2.05. The van der Waals surface area contributed by atoms with Crippen LogP contribution in [0, 0.1) is 6.92 Å². The Morgan fingerprint density at radius 2 is 2.40 bits per heavy atom. The molecule has 0 radical (unpaired) electrons. The van der Waals surface area contributed by atoms with Crippen molar-refractivity contribution in [2.45, 2.75) is 19.9 Å². The maximum atomic E-state index is 11.7. The summed E-state index contributed by atoms with van der Waals surface area (Å²) in [7, 11) is 0. The molecule has 0 N–H and O–H groups in total. The lowest BCUT2D eigenvalue weighted by Gasteiger charge is -1.99. The summed E-state index contributed by atoms with van der Waals surface area (Å²) in [4.78, 5) is 3.69. The monoisotopic (exact) mass is 147 g/mol. The third kappa shape index (κ3) is 1.49. The Kier molecular flexibility index (Phi) is 1.94. The Labute approximate surface area is 56.7 Å². The SMILES string of the molecule is Cc1ncnn1CC(F)F. The Balaban J connectivity index is 2.65. The smallest absolute Gasteiger partial charge is 0.245 e. The average molecular weight is 147 g/mol. The Morgan fingerprint density at radius 1 is 1.70 bits per heavy atom. The number of halogens is 2. The molecule has 0 spiro atoms. The lowest BCUT2D eigenvalue weighted by atomic mass is 10.6. The first-order valence-electron chi connectivity index (χ1n) is 2.82. The highest BCUT2D eigenvalue weighted by Crippen LogP contribution is 1.98. The minimum Gasteiger partial charge on any atom is -0.245 e. The molecule has 0 amide bonds. The van der Waals surface area contributed by atoms with E-state index in [0.29, 0.717) is 5.82 Å². The summed E-state index contributed by atoms with van der Waals surface area (Å²) in [5.41, 5.74) is 0. The van der Waals surface area contributed by atoms with Gasteiger partial charge in [-0.3, -0.25) is 0 Å². The second-order valence-electron chi connectivity index (χ2n) is 1.88. The van der Waals surface area contributed by atoms with Gasteiger partial charge in [0.1, 0.15) is 18.7 Å². The van der Waals surface area contributed by atoms with Crippen LogP contribution in [0.1, 0.15) is 5.82 Å². The van der Waals surface area contributed by atoms with Crippen molar-refractivity contribution in [3.8, 4) is 0 Å².